The first kappa shape index (κ1) is 32.1. The summed E-state index contributed by atoms with van der Waals surface area (Å²) in [5.41, 5.74) is -1.11. The van der Waals surface area contributed by atoms with Crippen molar-refractivity contribution in [2.24, 2.45) is 0 Å². The highest BCUT2D eigenvalue weighted by Crippen LogP contribution is 2.33. The fourth-order valence-electron chi connectivity index (χ4n) is 5.16. The number of nitro groups is 1. The van der Waals surface area contributed by atoms with Crippen LogP contribution in [0.2, 0.25) is 0 Å². The second-order valence-electron chi connectivity index (χ2n) is 10.4. The van der Waals surface area contributed by atoms with E-state index in [1.54, 1.807) is 49.1 Å². The lowest BCUT2D eigenvalue weighted by atomic mass is 10.1. The number of hydrogen-bond acceptors (Lipinski definition) is 8. The molecule has 3 aromatic carbocycles. The summed E-state index contributed by atoms with van der Waals surface area (Å²) in [6.07, 6.45) is -3.58. The molecule has 1 fully saturated rings. The van der Waals surface area contributed by atoms with Gasteiger partial charge in [-0.3, -0.25) is 24.3 Å². The molecule has 1 aromatic heterocycles. The molecule has 4 aromatic rings. The molecule has 10 nitrogen and oxygen atoms in total. The maximum atomic E-state index is 14.1. The number of nitrogens with one attached hydrogen (secondary N) is 1. The van der Waals surface area contributed by atoms with Crippen molar-refractivity contribution < 1.29 is 27.6 Å². The van der Waals surface area contributed by atoms with Crippen molar-refractivity contribution >= 4 is 46.0 Å². The zero-order valence-electron chi connectivity index (χ0n) is 24.6. The Kier molecular flexibility index (Phi) is 9.08. The minimum Gasteiger partial charge on any atom is -0.378 e. The normalized spacial score (nSPS) is 14.5. The van der Waals surface area contributed by atoms with Gasteiger partial charge in [-0.2, -0.15) is 18.4 Å². The second kappa shape index (κ2) is 13.0. The number of aromatic nitrogens is 1. The van der Waals surface area contributed by atoms with Crippen molar-refractivity contribution in [3.8, 4) is 11.8 Å². The van der Waals surface area contributed by atoms with E-state index < -0.39 is 39.4 Å². The molecule has 0 atom stereocenters. The quantitative estimate of drug-likeness (QED) is 0.242. The average molecular weight is 650 g/mol. The molecule has 1 aliphatic rings. The number of halogens is 3. The van der Waals surface area contributed by atoms with Crippen LogP contribution in [0.3, 0.4) is 0 Å². The number of benzene rings is 3. The number of aryl methyl sites for hydroxylation is 2. The summed E-state index contributed by atoms with van der Waals surface area (Å²) in [6, 6.07) is 15.7. The summed E-state index contributed by atoms with van der Waals surface area (Å²) in [7, 11) is 0. The van der Waals surface area contributed by atoms with Crippen LogP contribution >= 0.6 is 11.3 Å². The van der Waals surface area contributed by atoms with Gasteiger partial charge in [0, 0.05) is 24.8 Å². The molecule has 236 valence electrons. The highest BCUT2D eigenvalue weighted by molar-refractivity contribution is 7.07. The standard InChI is InChI=1S/C32H26F3N5O5S/c1-19-6-5-7-20(2)28(19)37-29(41)22(18-36)31-39(24-9-4-3-8-23(24)32(33,34)35)30(42)27(46-31)17-21-10-11-25(26(16-21)40(43)44)38-12-14-45-15-13-38/h3-11,16-17H,12-15H2,1-2H3,(H,37,41)/b27-17-,31-22-. The first-order chi connectivity index (χ1) is 21.9. The van der Waals surface area contributed by atoms with Gasteiger partial charge >= 0.3 is 6.18 Å². The summed E-state index contributed by atoms with van der Waals surface area (Å²) in [4.78, 5) is 40.6. The monoisotopic (exact) mass is 649 g/mol. The molecule has 5 rings (SSSR count). The minimum absolute atomic E-state index is 0.145. The summed E-state index contributed by atoms with van der Waals surface area (Å²) in [5, 5.41) is 24.8. The van der Waals surface area contributed by atoms with Gasteiger partial charge in [-0.25, -0.2) is 0 Å². The van der Waals surface area contributed by atoms with E-state index in [0.717, 1.165) is 18.2 Å². The summed E-state index contributed by atoms with van der Waals surface area (Å²) in [6.45, 7) is 5.17. The van der Waals surface area contributed by atoms with Crippen LogP contribution in [-0.2, 0) is 15.7 Å². The van der Waals surface area contributed by atoms with E-state index in [0.29, 0.717) is 64.7 Å². The summed E-state index contributed by atoms with van der Waals surface area (Å²) < 4.78 is 47.9. The highest BCUT2D eigenvalue weighted by atomic mass is 32.1. The van der Waals surface area contributed by atoms with Gasteiger partial charge in [0.15, 0.2) is 5.57 Å². The molecule has 2 heterocycles. The molecule has 0 bridgehead atoms. The third-order valence-corrected chi connectivity index (χ3v) is 8.48. The Hall–Kier alpha value is -5.26. The number of ether oxygens (including phenoxy) is 1. The largest absolute Gasteiger partial charge is 0.418 e. The Morgan fingerprint density at radius 2 is 1.74 bits per heavy atom. The van der Waals surface area contributed by atoms with Crippen molar-refractivity contribution in [1.29, 1.82) is 5.26 Å². The van der Waals surface area contributed by atoms with Crippen LogP contribution in [0.15, 0.2) is 65.5 Å². The Balaban J connectivity index is 1.76. The van der Waals surface area contributed by atoms with E-state index in [9.17, 15) is 38.1 Å². The number of amides is 1. The molecule has 1 saturated heterocycles. The predicted molar refractivity (Wildman–Crippen MR) is 167 cm³/mol. The molecular formula is C32H26F3N5O5S. The van der Waals surface area contributed by atoms with Gasteiger partial charge in [-0.1, -0.05) is 36.4 Å². The van der Waals surface area contributed by atoms with Crippen LogP contribution in [0.25, 0.3) is 17.3 Å². The van der Waals surface area contributed by atoms with Crippen LogP contribution in [0, 0.1) is 35.3 Å². The van der Waals surface area contributed by atoms with Crippen LogP contribution in [0.4, 0.5) is 30.2 Å². The van der Waals surface area contributed by atoms with E-state index in [4.69, 9.17) is 4.74 Å². The number of rotatable bonds is 6. The third kappa shape index (κ3) is 6.42. The summed E-state index contributed by atoms with van der Waals surface area (Å²) in [5.74, 6) is -0.920. The van der Waals surface area contributed by atoms with Gasteiger partial charge in [-0.15, -0.1) is 11.3 Å². The van der Waals surface area contributed by atoms with E-state index in [-0.39, 0.29) is 20.4 Å². The topological polar surface area (TPSA) is 130 Å². The van der Waals surface area contributed by atoms with Gasteiger partial charge in [0.2, 0.25) is 0 Å². The lowest BCUT2D eigenvalue weighted by molar-refractivity contribution is -0.384. The van der Waals surface area contributed by atoms with Crippen molar-refractivity contribution in [3.63, 3.8) is 0 Å². The third-order valence-electron chi connectivity index (χ3n) is 7.39. The van der Waals surface area contributed by atoms with Crippen LogP contribution in [0.1, 0.15) is 22.3 Å². The Morgan fingerprint density at radius 3 is 2.37 bits per heavy atom. The predicted octanol–water partition coefficient (Wildman–Crippen LogP) is 4.42. The lowest BCUT2D eigenvalue weighted by Gasteiger charge is -2.28. The second-order valence-corrected chi connectivity index (χ2v) is 11.4. The number of anilines is 2. The number of thiazole rings is 1. The molecule has 0 saturated carbocycles. The first-order valence-electron chi connectivity index (χ1n) is 13.9. The maximum Gasteiger partial charge on any atom is 0.418 e. The smallest absolute Gasteiger partial charge is 0.378 e. The minimum atomic E-state index is -4.87. The van der Waals surface area contributed by atoms with Crippen molar-refractivity contribution in [3.05, 3.63) is 113 Å². The number of nitriles is 1. The Labute approximate surface area is 264 Å². The molecule has 0 aliphatic carbocycles. The average Bonchev–Trinajstić information content (AvgIpc) is 3.34. The van der Waals surface area contributed by atoms with E-state index in [1.165, 1.54) is 24.3 Å². The zero-order chi connectivity index (χ0) is 33.2. The van der Waals surface area contributed by atoms with Gasteiger partial charge in [-0.05, 0) is 54.8 Å². The molecular weight excluding hydrogens is 623 g/mol. The number of carbonyl (C=O) groups is 1. The molecule has 0 spiro atoms. The Bertz CT molecular complexity index is 2050. The van der Waals surface area contributed by atoms with Gasteiger partial charge in [0.05, 0.1) is 33.9 Å². The number of nitro benzene ring substituents is 1. The number of para-hydroxylation sites is 2. The van der Waals surface area contributed by atoms with Crippen LogP contribution < -0.4 is 25.0 Å². The first-order valence-corrected chi connectivity index (χ1v) is 14.8. The number of hydrogen-bond donors (Lipinski definition) is 1. The van der Waals surface area contributed by atoms with Crippen LogP contribution in [0.5, 0.6) is 0 Å². The molecule has 14 heteroatoms. The van der Waals surface area contributed by atoms with Crippen molar-refractivity contribution in [1.82, 2.24) is 4.57 Å². The lowest BCUT2D eigenvalue weighted by Crippen LogP contribution is -2.36. The fraction of sp³-hybridized carbons (Fsp3) is 0.219. The van der Waals surface area contributed by atoms with Gasteiger partial charge < -0.3 is 15.0 Å². The number of alkyl halides is 3. The Morgan fingerprint density at radius 1 is 1.07 bits per heavy atom. The van der Waals surface area contributed by atoms with E-state index >= 15 is 0 Å². The molecule has 1 aliphatic heterocycles. The zero-order valence-corrected chi connectivity index (χ0v) is 25.4. The van der Waals surface area contributed by atoms with E-state index in [1.807, 2.05) is 0 Å². The van der Waals surface area contributed by atoms with Gasteiger partial charge in [0.25, 0.3) is 17.2 Å². The van der Waals surface area contributed by atoms with E-state index in [2.05, 4.69) is 5.32 Å². The van der Waals surface area contributed by atoms with Crippen LogP contribution in [-0.4, -0.2) is 41.7 Å². The van der Waals surface area contributed by atoms with Crippen molar-refractivity contribution in [2.75, 3.05) is 36.5 Å². The highest BCUT2D eigenvalue weighted by Gasteiger charge is 2.35. The maximum absolute atomic E-state index is 14.1. The van der Waals surface area contributed by atoms with Crippen molar-refractivity contribution in [2.45, 2.75) is 20.0 Å². The molecule has 0 radical (unpaired) electrons. The summed E-state index contributed by atoms with van der Waals surface area (Å²) >= 11 is 0.632. The number of morpholine rings is 1. The molecule has 1 N–H and O–H groups in total. The molecule has 1 amide bonds. The molecule has 0 unspecified atom stereocenters. The number of nitrogens with zero attached hydrogens (tertiary/aromatic N) is 4. The number of carbonyl (C=O) groups excluding carboxylic acids is 1. The molecule has 46 heavy (non-hydrogen) atoms. The van der Waals surface area contributed by atoms with Gasteiger partial charge in [0.1, 0.15) is 16.4 Å². The SMILES string of the molecule is Cc1cccc(C)c1NC(=O)/C(C#N)=c1\s/c(=C\c2ccc(N3CCOCC3)c([N+](=O)[O-])c2)c(=O)n1-c1ccccc1C(F)(F)F. The fourth-order valence-corrected chi connectivity index (χ4v) is 6.25.